The Balaban J connectivity index is 1.60. The molecule has 176 valence electrons. The van der Waals surface area contributed by atoms with Crippen molar-refractivity contribution in [2.75, 3.05) is 0 Å². The highest BCUT2D eigenvalue weighted by Crippen LogP contribution is 2.48. The van der Waals surface area contributed by atoms with Crippen LogP contribution in [0.15, 0.2) is 121 Å². The van der Waals surface area contributed by atoms with Gasteiger partial charge in [0.25, 0.3) is 0 Å². The SMILES string of the molecule is O=C1c2ccccc2/C(=C2/c3ccccc3C(=O)c3cc4ccccc4cc32)c2cc3ccccc3cc21. The zero-order valence-corrected chi connectivity index (χ0v) is 20.4. The highest BCUT2D eigenvalue weighted by Gasteiger charge is 2.34. The Labute approximate surface area is 219 Å². The standard InChI is InChI=1S/C36H20O2/c37-35-27-15-7-5-13-25(27)33(29-17-21-9-1-3-11-23(21)19-31(29)35)34-26-14-6-8-16-28(26)36(38)32-20-24-12-4-2-10-22(24)18-30(32)34/h1-20H/b34-33+. The van der Waals surface area contributed by atoms with Crippen molar-refractivity contribution in [2.24, 2.45) is 0 Å². The third-order valence-electron chi connectivity index (χ3n) is 7.93. The van der Waals surface area contributed by atoms with Crippen LogP contribution in [-0.2, 0) is 0 Å². The van der Waals surface area contributed by atoms with Gasteiger partial charge < -0.3 is 0 Å². The summed E-state index contributed by atoms with van der Waals surface area (Å²) in [5.74, 6) is 0.0641. The molecule has 0 radical (unpaired) electrons. The number of ketones is 2. The third-order valence-corrected chi connectivity index (χ3v) is 7.93. The molecule has 6 aromatic carbocycles. The number of rotatable bonds is 0. The molecule has 2 aliphatic rings. The Morgan fingerprint density at radius 1 is 0.289 bits per heavy atom. The van der Waals surface area contributed by atoms with E-state index in [1.165, 1.54) is 0 Å². The van der Waals surface area contributed by atoms with Crippen LogP contribution in [0.25, 0.3) is 32.7 Å². The summed E-state index contributed by atoms with van der Waals surface area (Å²) in [7, 11) is 0. The minimum Gasteiger partial charge on any atom is -0.289 e. The Kier molecular flexibility index (Phi) is 4.27. The number of carbonyl (C=O) groups excluding carboxylic acids is 2. The monoisotopic (exact) mass is 484 g/mol. The summed E-state index contributed by atoms with van der Waals surface area (Å²) >= 11 is 0. The molecule has 0 spiro atoms. The van der Waals surface area contributed by atoms with Crippen LogP contribution in [0, 0.1) is 0 Å². The van der Waals surface area contributed by atoms with Crippen LogP contribution in [-0.4, -0.2) is 11.6 Å². The quantitative estimate of drug-likeness (QED) is 0.218. The van der Waals surface area contributed by atoms with E-state index in [1.54, 1.807) is 0 Å². The Bertz CT molecular complexity index is 1910. The minimum absolute atomic E-state index is 0.0320. The van der Waals surface area contributed by atoms with E-state index >= 15 is 0 Å². The third kappa shape index (κ3) is 2.83. The van der Waals surface area contributed by atoms with Crippen molar-refractivity contribution in [3.8, 4) is 0 Å². The van der Waals surface area contributed by atoms with Gasteiger partial charge in [-0.05, 0) is 79.2 Å². The zero-order valence-electron chi connectivity index (χ0n) is 20.4. The van der Waals surface area contributed by atoms with E-state index in [0.29, 0.717) is 22.3 Å². The van der Waals surface area contributed by atoms with E-state index in [4.69, 9.17) is 0 Å². The average Bonchev–Trinajstić information content (AvgIpc) is 2.97. The first-order valence-electron chi connectivity index (χ1n) is 12.8. The van der Waals surface area contributed by atoms with Gasteiger partial charge in [0.1, 0.15) is 0 Å². The normalized spacial score (nSPS) is 15.7. The molecule has 0 aliphatic heterocycles. The van der Waals surface area contributed by atoms with Gasteiger partial charge in [-0.3, -0.25) is 9.59 Å². The van der Waals surface area contributed by atoms with E-state index in [0.717, 1.165) is 54.9 Å². The summed E-state index contributed by atoms with van der Waals surface area (Å²) in [5.41, 5.74) is 8.38. The first kappa shape index (κ1) is 21.0. The van der Waals surface area contributed by atoms with Crippen LogP contribution in [0.5, 0.6) is 0 Å². The molecule has 0 aromatic heterocycles. The first-order chi connectivity index (χ1) is 18.7. The van der Waals surface area contributed by atoms with Crippen molar-refractivity contribution in [2.45, 2.75) is 0 Å². The Morgan fingerprint density at radius 2 is 0.579 bits per heavy atom. The number of hydrogen-bond acceptors (Lipinski definition) is 2. The van der Waals surface area contributed by atoms with E-state index < -0.39 is 0 Å². The molecule has 0 bridgehead atoms. The molecule has 0 amide bonds. The maximum absolute atomic E-state index is 13.8. The molecular formula is C36H20O2. The molecule has 0 unspecified atom stereocenters. The molecule has 0 heterocycles. The summed E-state index contributed by atoms with van der Waals surface area (Å²) in [4.78, 5) is 27.6. The van der Waals surface area contributed by atoms with Gasteiger partial charge in [-0.1, -0.05) is 97.1 Å². The van der Waals surface area contributed by atoms with Crippen LogP contribution in [0.1, 0.15) is 54.1 Å². The van der Waals surface area contributed by atoms with Gasteiger partial charge in [-0.2, -0.15) is 0 Å². The van der Waals surface area contributed by atoms with E-state index in [9.17, 15) is 9.59 Å². The fourth-order valence-corrected chi connectivity index (χ4v) is 6.19. The van der Waals surface area contributed by atoms with Gasteiger partial charge in [0.05, 0.1) is 0 Å². The average molecular weight is 485 g/mol. The molecule has 0 fully saturated rings. The largest absolute Gasteiger partial charge is 0.289 e. The second kappa shape index (κ2) is 7.71. The summed E-state index contributed by atoms with van der Waals surface area (Å²) in [6, 6.07) is 40.3. The maximum Gasteiger partial charge on any atom is 0.194 e. The molecule has 0 N–H and O–H groups in total. The van der Waals surface area contributed by atoms with E-state index in [-0.39, 0.29) is 11.6 Å². The van der Waals surface area contributed by atoms with E-state index in [1.807, 2.05) is 97.1 Å². The first-order valence-corrected chi connectivity index (χ1v) is 12.8. The highest BCUT2D eigenvalue weighted by molar-refractivity contribution is 6.28. The lowest BCUT2D eigenvalue weighted by Gasteiger charge is -2.29. The van der Waals surface area contributed by atoms with Crippen LogP contribution in [0.4, 0.5) is 0 Å². The molecule has 2 nitrogen and oxygen atoms in total. The number of hydrogen-bond donors (Lipinski definition) is 0. The molecular weight excluding hydrogens is 464 g/mol. The smallest absolute Gasteiger partial charge is 0.194 e. The van der Waals surface area contributed by atoms with Crippen molar-refractivity contribution in [3.63, 3.8) is 0 Å². The van der Waals surface area contributed by atoms with Gasteiger partial charge in [0.15, 0.2) is 11.6 Å². The lowest BCUT2D eigenvalue weighted by Crippen LogP contribution is -2.19. The topological polar surface area (TPSA) is 34.1 Å². The molecule has 2 heteroatoms. The van der Waals surface area contributed by atoms with Crippen LogP contribution in [0.2, 0.25) is 0 Å². The molecule has 6 aromatic rings. The van der Waals surface area contributed by atoms with Gasteiger partial charge in [-0.15, -0.1) is 0 Å². The molecule has 38 heavy (non-hydrogen) atoms. The summed E-state index contributed by atoms with van der Waals surface area (Å²) < 4.78 is 0. The maximum atomic E-state index is 13.8. The summed E-state index contributed by atoms with van der Waals surface area (Å²) in [5, 5.41) is 4.23. The lowest BCUT2D eigenvalue weighted by atomic mass is 9.72. The van der Waals surface area contributed by atoms with E-state index in [2.05, 4.69) is 24.3 Å². The lowest BCUT2D eigenvalue weighted by molar-refractivity contribution is 0.102. The summed E-state index contributed by atoms with van der Waals surface area (Å²) in [6.45, 7) is 0. The van der Waals surface area contributed by atoms with Gasteiger partial charge in [-0.25, -0.2) is 0 Å². The molecule has 0 saturated carbocycles. The minimum atomic E-state index is 0.0320. The van der Waals surface area contributed by atoms with Crippen molar-refractivity contribution in [3.05, 3.63) is 166 Å². The van der Waals surface area contributed by atoms with Crippen molar-refractivity contribution in [1.82, 2.24) is 0 Å². The van der Waals surface area contributed by atoms with Crippen LogP contribution >= 0.6 is 0 Å². The summed E-state index contributed by atoms with van der Waals surface area (Å²) in [6.07, 6.45) is 0. The van der Waals surface area contributed by atoms with Gasteiger partial charge >= 0.3 is 0 Å². The number of carbonyl (C=O) groups is 2. The zero-order chi connectivity index (χ0) is 25.4. The van der Waals surface area contributed by atoms with Gasteiger partial charge in [0, 0.05) is 22.3 Å². The fourth-order valence-electron chi connectivity index (χ4n) is 6.19. The second-order valence-corrected chi connectivity index (χ2v) is 9.99. The van der Waals surface area contributed by atoms with Crippen molar-refractivity contribution >= 4 is 44.3 Å². The van der Waals surface area contributed by atoms with Crippen molar-refractivity contribution in [1.29, 1.82) is 0 Å². The Hall–Kier alpha value is -5.08. The van der Waals surface area contributed by atoms with Gasteiger partial charge in [0.2, 0.25) is 0 Å². The molecule has 0 atom stereocenters. The number of fused-ring (bicyclic) bond motifs is 6. The predicted molar refractivity (Wildman–Crippen MR) is 153 cm³/mol. The molecule has 8 rings (SSSR count). The molecule has 0 saturated heterocycles. The number of benzene rings is 6. The highest BCUT2D eigenvalue weighted by atomic mass is 16.1. The van der Waals surface area contributed by atoms with Crippen molar-refractivity contribution < 1.29 is 9.59 Å². The predicted octanol–water partition coefficient (Wildman–Crippen LogP) is 8.09. The molecule has 2 aliphatic carbocycles. The fraction of sp³-hybridized carbons (Fsp3) is 0. The van der Waals surface area contributed by atoms with Crippen LogP contribution < -0.4 is 0 Å². The Morgan fingerprint density at radius 3 is 0.947 bits per heavy atom. The van der Waals surface area contributed by atoms with Crippen LogP contribution in [0.3, 0.4) is 0 Å². The second-order valence-electron chi connectivity index (χ2n) is 9.99.